The maximum Gasteiger partial charge on any atom is 0.426 e. The van der Waals surface area contributed by atoms with Crippen LogP contribution in [0.3, 0.4) is 0 Å². The zero-order valence-electron chi connectivity index (χ0n) is 20.5. The van der Waals surface area contributed by atoms with Gasteiger partial charge >= 0.3 is 12.4 Å². The number of pyridine rings is 1. The first-order valence-corrected chi connectivity index (χ1v) is 11.7. The largest absolute Gasteiger partial charge is 0.426 e. The summed E-state index contributed by atoms with van der Waals surface area (Å²) in [6, 6.07) is 0.714. The first-order valence-electron chi connectivity index (χ1n) is 11.7. The zero-order chi connectivity index (χ0) is 29.4. The molecule has 2 aliphatic heterocycles. The van der Waals surface area contributed by atoms with Crippen molar-refractivity contribution in [3.05, 3.63) is 41.5 Å². The number of rotatable bonds is 3. The summed E-state index contributed by atoms with van der Waals surface area (Å²) >= 11 is 0. The molecule has 3 aromatic heterocycles. The van der Waals surface area contributed by atoms with Gasteiger partial charge in [-0.2, -0.15) is 31.4 Å². The van der Waals surface area contributed by atoms with Gasteiger partial charge in [-0.3, -0.25) is 14.6 Å². The maximum absolute atomic E-state index is 15.0. The van der Waals surface area contributed by atoms with Gasteiger partial charge in [-0.25, -0.2) is 13.9 Å². The fourth-order valence-electron chi connectivity index (χ4n) is 4.94. The lowest BCUT2D eigenvalue weighted by atomic mass is 9.99. The van der Waals surface area contributed by atoms with Crippen LogP contribution in [0.4, 0.5) is 36.6 Å². The number of likely N-dealkylation sites (tertiary alicyclic amines) is 1. The van der Waals surface area contributed by atoms with Gasteiger partial charge in [0.05, 0.1) is 35.1 Å². The Morgan fingerprint density at radius 3 is 2.48 bits per heavy atom. The van der Waals surface area contributed by atoms with E-state index >= 15 is 0 Å². The minimum atomic E-state index is -5.31. The molecule has 0 aliphatic carbocycles. The fourth-order valence-corrected chi connectivity index (χ4v) is 4.94. The number of anilines is 1. The van der Waals surface area contributed by atoms with E-state index < -0.39 is 72.0 Å². The molecule has 5 heterocycles. The molecule has 0 spiro atoms. The van der Waals surface area contributed by atoms with Crippen molar-refractivity contribution < 1.29 is 45.4 Å². The number of aliphatic hydroxyl groups is 1. The molecule has 0 bridgehead atoms. The number of carbonyl (C=O) groups excluding carboxylic acids is 2. The van der Waals surface area contributed by atoms with E-state index in [1.165, 1.54) is 12.3 Å². The van der Waals surface area contributed by atoms with E-state index in [0.717, 1.165) is 21.8 Å². The molecule has 10 nitrogen and oxygen atoms in total. The number of fused-ring (bicyclic) bond motifs is 2. The molecule has 3 atom stereocenters. The van der Waals surface area contributed by atoms with Crippen molar-refractivity contribution in [3.8, 4) is 11.3 Å². The van der Waals surface area contributed by atoms with Gasteiger partial charge in [0.15, 0.2) is 5.82 Å². The Hall–Kier alpha value is -4.02. The van der Waals surface area contributed by atoms with Crippen LogP contribution in [0.5, 0.6) is 0 Å². The average Bonchev–Trinajstić information content (AvgIpc) is 3.45. The second kappa shape index (κ2) is 9.00. The lowest BCUT2D eigenvalue weighted by molar-refractivity contribution is -0.249. The van der Waals surface area contributed by atoms with E-state index in [-0.39, 0.29) is 42.4 Å². The average molecular weight is 575 g/mol. The number of alkyl halides is 7. The molecule has 1 unspecified atom stereocenters. The van der Waals surface area contributed by atoms with Gasteiger partial charge in [0.25, 0.3) is 11.8 Å². The molecule has 0 saturated carbocycles. The molecule has 214 valence electrons. The summed E-state index contributed by atoms with van der Waals surface area (Å²) < 4.78 is 96.4. The second-order valence-corrected chi connectivity index (χ2v) is 9.68. The SMILES string of the molecule is CC(O)(C(=O)N1C[C@@H](N2CCc3ncc(-c4cc(C(F)(F)F)c5c(N)ncnn45)cc3C2=O)[C@@H](F)C1)C(F)(F)F. The topological polar surface area (TPSA) is 130 Å². The van der Waals surface area contributed by atoms with Crippen LogP contribution >= 0.6 is 0 Å². The van der Waals surface area contributed by atoms with Crippen molar-refractivity contribution in [2.24, 2.45) is 0 Å². The second-order valence-electron chi connectivity index (χ2n) is 9.68. The molecule has 1 saturated heterocycles. The number of nitrogen functional groups attached to an aromatic ring is 1. The van der Waals surface area contributed by atoms with Crippen LogP contribution in [0, 0.1) is 0 Å². The monoisotopic (exact) mass is 575 g/mol. The highest BCUT2D eigenvalue weighted by molar-refractivity contribution is 5.98. The molecular formula is C23H20F7N7O3. The number of halogens is 7. The van der Waals surface area contributed by atoms with Crippen molar-refractivity contribution in [3.63, 3.8) is 0 Å². The Balaban J connectivity index is 1.47. The van der Waals surface area contributed by atoms with E-state index in [9.17, 15) is 45.4 Å². The Morgan fingerprint density at radius 2 is 1.82 bits per heavy atom. The molecular weight excluding hydrogens is 555 g/mol. The standard InChI is InChI=1S/C23H20F7N7O3/c1-21(40,23(28,29)30)20(39)35-7-13(24)16(8-35)36-3-2-14-11(19(36)38)4-10(6-32-14)15-5-12(22(25,26)27)17-18(31)33-9-34-37(15)17/h4-6,9,13,16,40H,2-3,7-8H2,1H3,(H2,31,33,34)/t13-,16+,21?/m0/s1. The highest BCUT2D eigenvalue weighted by Gasteiger charge is 2.58. The molecule has 0 radical (unpaired) electrons. The highest BCUT2D eigenvalue weighted by atomic mass is 19.4. The van der Waals surface area contributed by atoms with Crippen molar-refractivity contribution in [1.82, 2.24) is 29.4 Å². The van der Waals surface area contributed by atoms with Gasteiger partial charge < -0.3 is 20.6 Å². The van der Waals surface area contributed by atoms with E-state index in [0.29, 0.717) is 4.90 Å². The molecule has 40 heavy (non-hydrogen) atoms. The molecule has 2 aliphatic rings. The van der Waals surface area contributed by atoms with E-state index in [1.54, 1.807) is 0 Å². The van der Waals surface area contributed by atoms with Gasteiger partial charge in [0.1, 0.15) is 18.0 Å². The summed E-state index contributed by atoms with van der Waals surface area (Å²) in [5.74, 6) is -2.95. The zero-order valence-corrected chi connectivity index (χ0v) is 20.5. The number of carbonyl (C=O) groups is 2. The van der Waals surface area contributed by atoms with Gasteiger partial charge in [-0.1, -0.05) is 0 Å². The van der Waals surface area contributed by atoms with Crippen molar-refractivity contribution in [1.29, 1.82) is 0 Å². The van der Waals surface area contributed by atoms with Crippen molar-refractivity contribution >= 4 is 23.1 Å². The van der Waals surface area contributed by atoms with Crippen LogP contribution in [0.25, 0.3) is 16.8 Å². The Kier molecular flexibility index (Phi) is 6.20. The lowest BCUT2D eigenvalue weighted by Crippen LogP contribution is -2.56. The first-order chi connectivity index (χ1) is 18.5. The third-order valence-electron chi connectivity index (χ3n) is 7.11. The number of hydrogen-bond donors (Lipinski definition) is 2. The van der Waals surface area contributed by atoms with Gasteiger partial charge in [-0.15, -0.1) is 0 Å². The Labute approximate surface area is 220 Å². The summed E-state index contributed by atoms with van der Waals surface area (Å²) in [7, 11) is 0. The van der Waals surface area contributed by atoms with Gasteiger partial charge in [0.2, 0.25) is 5.60 Å². The third kappa shape index (κ3) is 4.28. The summed E-state index contributed by atoms with van der Waals surface area (Å²) in [5.41, 5.74) is 0.474. The molecule has 3 N–H and O–H groups in total. The molecule has 3 aromatic rings. The van der Waals surface area contributed by atoms with Crippen LogP contribution in [-0.4, -0.2) is 89.9 Å². The molecule has 0 aromatic carbocycles. The fraction of sp³-hybridized carbons (Fsp3) is 0.435. The maximum atomic E-state index is 15.0. The Bertz CT molecular complexity index is 1520. The highest BCUT2D eigenvalue weighted by Crippen LogP contribution is 2.39. The lowest BCUT2D eigenvalue weighted by Gasteiger charge is -2.34. The minimum absolute atomic E-state index is 0.0544. The first kappa shape index (κ1) is 27.5. The predicted octanol–water partition coefficient (Wildman–Crippen LogP) is 2.25. The van der Waals surface area contributed by atoms with Crippen LogP contribution in [0.15, 0.2) is 24.7 Å². The van der Waals surface area contributed by atoms with E-state index in [1.807, 2.05) is 0 Å². The van der Waals surface area contributed by atoms with Crippen molar-refractivity contribution in [2.45, 2.75) is 43.5 Å². The number of hydrogen-bond acceptors (Lipinski definition) is 7. The van der Waals surface area contributed by atoms with Crippen LogP contribution in [0.2, 0.25) is 0 Å². The van der Waals surface area contributed by atoms with Gasteiger partial charge in [0, 0.05) is 31.3 Å². The smallest absolute Gasteiger partial charge is 0.382 e. The summed E-state index contributed by atoms with van der Waals surface area (Å²) in [5, 5.41) is 13.6. The Morgan fingerprint density at radius 1 is 1.12 bits per heavy atom. The van der Waals surface area contributed by atoms with Crippen molar-refractivity contribution in [2.75, 3.05) is 25.4 Å². The number of aromatic nitrogens is 4. The quantitative estimate of drug-likeness (QED) is 0.459. The normalized spacial score (nSPS) is 21.6. The number of nitrogens with zero attached hydrogens (tertiary/aromatic N) is 6. The minimum Gasteiger partial charge on any atom is -0.382 e. The molecule has 1 fully saturated rings. The van der Waals surface area contributed by atoms with Crippen LogP contribution < -0.4 is 5.73 Å². The van der Waals surface area contributed by atoms with E-state index in [4.69, 9.17) is 5.73 Å². The van der Waals surface area contributed by atoms with E-state index in [2.05, 4.69) is 15.1 Å². The molecule has 2 amide bonds. The summed E-state index contributed by atoms with van der Waals surface area (Å²) in [6.45, 7) is -1.19. The van der Waals surface area contributed by atoms with Crippen LogP contribution in [-0.2, 0) is 17.4 Å². The molecule has 17 heteroatoms. The number of amides is 2. The predicted molar refractivity (Wildman–Crippen MR) is 122 cm³/mol. The van der Waals surface area contributed by atoms with Gasteiger partial charge in [-0.05, 0) is 19.1 Å². The number of nitrogens with two attached hydrogens (primary N) is 1. The molecule has 5 rings (SSSR count). The summed E-state index contributed by atoms with van der Waals surface area (Å²) in [6.07, 6.45) is -9.73. The van der Waals surface area contributed by atoms with Crippen LogP contribution in [0.1, 0.15) is 28.5 Å². The third-order valence-corrected chi connectivity index (χ3v) is 7.11. The summed E-state index contributed by atoms with van der Waals surface area (Å²) in [4.78, 5) is 35.1.